The van der Waals surface area contributed by atoms with E-state index >= 15 is 0 Å². The van der Waals surface area contributed by atoms with Crippen molar-refractivity contribution in [2.75, 3.05) is 25.1 Å². The summed E-state index contributed by atoms with van der Waals surface area (Å²) in [5, 5.41) is 0. The van der Waals surface area contributed by atoms with Gasteiger partial charge in [-0.3, -0.25) is 9.78 Å². The number of hydrogen-bond donors (Lipinski definition) is 0. The monoisotopic (exact) mass is 368 g/mol. The number of rotatable bonds is 5. The lowest BCUT2D eigenvalue weighted by atomic mass is 10.0. The molecule has 0 bridgehead atoms. The van der Waals surface area contributed by atoms with Crippen molar-refractivity contribution in [1.29, 1.82) is 0 Å². The van der Waals surface area contributed by atoms with Gasteiger partial charge in [-0.15, -0.1) is 0 Å². The maximum Gasteiger partial charge on any atom is 0.274 e. The Morgan fingerprint density at radius 3 is 2.44 bits per heavy atom. The second-order valence-corrected chi connectivity index (χ2v) is 7.12. The molecular formula is C19H24N6O2. The van der Waals surface area contributed by atoms with E-state index in [1.807, 2.05) is 17.9 Å². The Morgan fingerprint density at radius 1 is 1.07 bits per heavy atom. The molecule has 1 saturated carbocycles. The van der Waals surface area contributed by atoms with Gasteiger partial charge in [0.15, 0.2) is 0 Å². The van der Waals surface area contributed by atoms with Crippen LogP contribution in [0.4, 0.5) is 5.82 Å². The van der Waals surface area contributed by atoms with Crippen LogP contribution in [0, 0.1) is 6.92 Å². The average molecular weight is 368 g/mol. The van der Waals surface area contributed by atoms with Crippen molar-refractivity contribution in [3.63, 3.8) is 0 Å². The van der Waals surface area contributed by atoms with Crippen LogP contribution in [0.5, 0.6) is 5.88 Å². The number of piperidine rings is 1. The lowest BCUT2D eigenvalue weighted by Crippen LogP contribution is -2.48. The van der Waals surface area contributed by atoms with Crippen LogP contribution >= 0.6 is 0 Å². The molecule has 2 aliphatic rings. The van der Waals surface area contributed by atoms with Crippen LogP contribution in [0.3, 0.4) is 0 Å². The van der Waals surface area contributed by atoms with Crippen molar-refractivity contribution in [2.45, 2.75) is 44.7 Å². The van der Waals surface area contributed by atoms with Crippen LogP contribution in [0.25, 0.3) is 0 Å². The number of methoxy groups -OCH3 is 1. The van der Waals surface area contributed by atoms with Gasteiger partial charge >= 0.3 is 0 Å². The van der Waals surface area contributed by atoms with Crippen molar-refractivity contribution in [2.24, 2.45) is 0 Å². The van der Waals surface area contributed by atoms with Gasteiger partial charge in [0, 0.05) is 37.4 Å². The number of anilines is 1. The minimum atomic E-state index is -0.0392. The molecule has 4 rings (SSSR count). The molecule has 1 aliphatic carbocycles. The summed E-state index contributed by atoms with van der Waals surface area (Å²) < 4.78 is 5.25. The number of ether oxygens (including phenoxy) is 1. The zero-order valence-corrected chi connectivity index (χ0v) is 15.7. The Morgan fingerprint density at radius 2 is 1.81 bits per heavy atom. The standard InChI is InChI=1S/C19H24N6O2/c1-13-10-21-16(11-20-13)19(26)24-7-5-15(6-8-24)25(14-3-4-14)17-9-18(27-2)23-12-22-17/h9-12,14-15H,3-8H2,1-2H3. The Labute approximate surface area is 158 Å². The quantitative estimate of drug-likeness (QED) is 0.796. The Kier molecular flexibility index (Phi) is 4.87. The number of nitrogens with zero attached hydrogens (tertiary/aromatic N) is 6. The van der Waals surface area contributed by atoms with Gasteiger partial charge in [-0.25, -0.2) is 15.0 Å². The number of carbonyl (C=O) groups excluding carboxylic acids is 1. The van der Waals surface area contributed by atoms with Crippen molar-refractivity contribution in [3.05, 3.63) is 36.2 Å². The van der Waals surface area contributed by atoms with Gasteiger partial charge in [-0.05, 0) is 32.6 Å². The van der Waals surface area contributed by atoms with Gasteiger partial charge in [0.25, 0.3) is 5.91 Å². The van der Waals surface area contributed by atoms with Crippen LogP contribution in [0.1, 0.15) is 41.9 Å². The van der Waals surface area contributed by atoms with E-state index in [2.05, 4.69) is 24.8 Å². The highest BCUT2D eigenvalue weighted by Crippen LogP contribution is 2.36. The summed E-state index contributed by atoms with van der Waals surface area (Å²) in [4.78, 5) is 33.9. The fraction of sp³-hybridized carbons (Fsp3) is 0.526. The molecule has 1 amide bonds. The summed E-state index contributed by atoms with van der Waals surface area (Å²) in [5.74, 6) is 1.46. The number of likely N-dealkylation sites (tertiary alicyclic amines) is 1. The molecule has 1 aliphatic heterocycles. The summed E-state index contributed by atoms with van der Waals surface area (Å²) >= 11 is 0. The largest absolute Gasteiger partial charge is 0.481 e. The van der Waals surface area contributed by atoms with E-state index < -0.39 is 0 Å². The fourth-order valence-electron chi connectivity index (χ4n) is 3.62. The molecule has 142 valence electrons. The van der Waals surface area contributed by atoms with Crippen LogP contribution in [0.15, 0.2) is 24.8 Å². The van der Waals surface area contributed by atoms with Crippen molar-refractivity contribution < 1.29 is 9.53 Å². The zero-order chi connectivity index (χ0) is 18.8. The molecule has 1 saturated heterocycles. The van der Waals surface area contributed by atoms with Crippen LogP contribution < -0.4 is 9.64 Å². The molecule has 0 unspecified atom stereocenters. The number of aryl methyl sites for hydroxylation is 1. The van der Waals surface area contributed by atoms with E-state index in [0.717, 1.165) is 24.4 Å². The number of aromatic nitrogens is 4. The first-order valence-electron chi connectivity index (χ1n) is 9.38. The van der Waals surface area contributed by atoms with Crippen molar-refractivity contribution in [3.8, 4) is 5.88 Å². The highest BCUT2D eigenvalue weighted by molar-refractivity contribution is 5.92. The van der Waals surface area contributed by atoms with Gasteiger partial charge in [-0.2, -0.15) is 0 Å². The molecule has 0 N–H and O–H groups in total. The van der Waals surface area contributed by atoms with Gasteiger partial charge in [0.1, 0.15) is 17.8 Å². The van der Waals surface area contributed by atoms with E-state index in [1.165, 1.54) is 12.8 Å². The average Bonchev–Trinajstić information content (AvgIpc) is 3.54. The van der Waals surface area contributed by atoms with Gasteiger partial charge in [0.2, 0.25) is 5.88 Å². The SMILES string of the molecule is COc1cc(N(C2CC2)C2CCN(C(=O)c3cnc(C)cn3)CC2)ncn1. The maximum atomic E-state index is 12.7. The Hall–Kier alpha value is -2.77. The van der Waals surface area contributed by atoms with E-state index in [9.17, 15) is 4.79 Å². The van der Waals surface area contributed by atoms with Crippen molar-refractivity contribution in [1.82, 2.24) is 24.8 Å². The third-order valence-electron chi connectivity index (χ3n) is 5.19. The van der Waals surface area contributed by atoms with E-state index in [0.29, 0.717) is 36.7 Å². The molecule has 2 aromatic rings. The van der Waals surface area contributed by atoms with Gasteiger partial charge in [0.05, 0.1) is 19.0 Å². The smallest absolute Gasteiger partial charge is 0.274 e. The molecule has 27 heavy (non-hydrogen) atoms. The van der Waals surface area contributed by atoms with Crippen LogP contribution in [-0.4, -0.2) is 63.0 Å². The minimum absolute atomic E-state index is 0.0392. The first-order valence-corrected chi connectivity index (χ1v) is 9.38. The number of hydrogen-bond acceptors (Lipinski definition) is 7. The summed E-state index contributed by atoms with van der Waals surface area (Å²) in [6, 6.07) is 2.79. The second-order valence-electron chi connectivity index (χ2n) is 7.12. The lowest BCUT2D eigenvalue weighted by Gasteiger charge is -2.39. The fourth-order valence-corrected chi connectivity index (χ4v) is 3.62. The number of amides is 1. The third-order valence-corrected chi connectivity index (χ3v) is 5.19. The second kappa shape index (κ2) is 7.46. The molecule has 0 radical (unpaired) electrons. The Balaban J connectivity index is 1.44. The van der Waals surface area contributed by atoms with E-state index in [4.69, 9.17) is 4.74 Å². The highest BCUT2D eigenvalue weighted by atomic mass is 16.5. The summed E-state index contributed by atoms with van der Waals surface area (Å²) in [5.41, 5.74) is 1.23. The highest BCUT2D eigenvalue weighted by Gasteiger charge is 2.37. The molecule has 0 atom stereocenters. The number of carbonyl (C=O) groups is 1. The summed E-state index contributed by atoms with van der Waals surface area (Å²) in [7, 11) is 1.62. The topological polar surface area (TPSA) is 84.3 Å². The predicted molar refractivity (Wildman–Crippen MR) is 99.8 cm³/mol. The van der Waals surface area contributed by atoms with Crippen LogP contribution in [-0.2, 0) is 0 Å². The molecule has 0 spiro atoms. The molecule has 0 aromatic carbocycles. The maximum absolute atomic E-state index is 12.7. The minimum Gasteiger partial charge on any atom is -0.481 e. The molecule has 8 nitrogen and oxygen atoms in total. The summed E-state index contributed by atoms with van der Waals surface area (Å²) in [6.45, 7) is 3.29. The molecular weight excluding hydrogens is 344 g/mol. The summed E-state index contributed by atoms with van der Waals surface area (Å²) in [6.07, 6.45) is 8.94. The molecule has 3 heterocycles. The lowest BCUT2D eigenvalue weighted by molar-refractivity contribution is 0.0705. The predicted octanol–water partition coefficient (Wildman–Crippen LogP) is 1.86. The van der Waals surface area contributed by atoms with Crippen molar-refractivity contribution >= 4 is 11.7 Å². The van der Waals surface area contributed by atoms with Crippen LogP contribution in [0.2, 0.25) is 0 Å². The zero-order valence-electron chi connectivity index (χ0n) is 15.7. The van der Waals surface area contributed by atoms with Gasteiger partial charge < -0.3 is 14.5 Å². The molecule has 2 fully saturated rings. The third kappa shape index (κ3) is 3.84. The van der Waals surface area contributed by atoms with Gasteiger partial charge in [-0.1, -0.05) is 0 Å². The normalized spacial score (nSPS) is 17.6. The van der Waals surface area contributed by atoms with E-state index in [-0.39, 0.29) is 5.91 Å². The first-order chi connectivity index (χ1) is 13.2. The Bertz CT molecular complexity index is 800. The first kappa shape index (κ1) is 17.6. The molecule has 8 heteroatoms. The van der Waals surface area contributed by atoms with E-state index in [1.54, 1.807) is 25.8 Å². The molecule has 2 aromatic heterocycles.